The van der Waals surface area contributed by atoms with E-state index >= 15 is 0 Å². The number of nitrogens with zero attached hydrogens (tertiary/aromatic N) is 1. The molecule has 4 nitrogen and oxygen atoms in total. The fourth-order valence-electron chi connectivity index (χ4n) is 0.642. The van der Waals surface area contributed by atoms with Crippen LogP contribution in [0.2, 0.25) is 0 Å². The lowest BCUT2D eigenvalue weighted by atomic mass is 10.5. The molecular weight excluding hydrogens is 258 g/mol. The van der Waals surface area contributed by atoms with Crippen LogP contribution in [0, 0.1) is 0 Å². The van der Waals surface area contributed by atoms with Crippen molar-refractivity contribution in [2.24, 2.45) is 0 Å². The second-order valence-corrected chi connectivity index (χ2v) is 4.92. The summed E-state index contributed by atoms with van der Waals surface area (Å²) in [6.45, 7) is 1.52. The number of halogens is 1. The summed E-state index contributed by atoms with van der Waals surface area (Å²) in [5.41, 5.74) is 0. The molecule has 0 N–H and O–H groups in total. The largest absolute Gasteiger partial charge is 0.382 e. The molecule has 1 heterocycles. The molecule has 0 aliphatic carbocycles. The molecule has 0 unspecified atom stereocenters. The molecule has 1 aromatic heterocycles. The highest BCUT2D eigenvalue weighted by Gasteiger charge is 2.08. The number of hydrogen-bond acceptors (Lipinski definition) is 4. The van der Waals surface area contributed by atoms with Crippen LogP contribution in [-0.4, -0.2) is 19.2 Å². The molecule has 0 aromatic carbocycles. The van der Waals surface area contributed by atoms with Gasteiger partial charge in [0.05, 0.1) is 5.75 Å². The van der Waals surface area contributed by atoms with Gasteiger partial charge in [0.1, 0.15) is 10.4 Å². The van der Waals surface area contributed by atoms with E-state index in [0.29, 0.717) is 4.60 Å². The highest BCUT2D eigenvalue weighted by atomic mass is 79.9. The smallest absolute Gasteiger partial charge is 0.308 e. The third-order valence-electron chi connectivity index (χ3n) is 1.27. The SMILES string of the molecule is CCS(=O)(=O)Oc1ccnc(Br)c1. The highest BCUT2D eigenvalue weighted by molar-refractivity contribution is 9.10. The average molecular weight is 266 g/mol. The lowest BCUT2D eigenvalue weighted by Crippen LogP contribution is -2.11. The third kappa shape index (κ3) is 3.31. The first-order valence-corrected chi connectivity index (χ1v) is 5.94. The maximum atomic E-state index is 11.0. The van der Waals surface area contributed by atoms with Gasteiger partial charge in [0, 0.05) is 18.3 Å². The monoisotopic (exact) mass is 265 g/mol. The Labute approximate surface area is 85.2 Å². The Morgan fingerprint density at radius 1 is 1.62 bits per heavy atom. The molecule has 0 radical (unpaired) electrons. The van der Waals surface area contributed by atoms with Gasteiger partial charge in [-0.05, 0) is 22.9 Å². The van der Waals surface area contributed by atoms with E-state index in [1.807, 2.05) is 0 Å². The summed E-state index contributed by atoms with van der Waals surface area (Å²) < 4.78 is 27.3. The van der Waals surface area contributed by atoms with E-state index in [1.54, 1.807) is 0 Å². The van der Waals surface area contributed by atoms with Crippen LogP contribution < -0.4 is 4.18 Å². The van der Waals surface area contributed by atoms with Gasteiger partial charge >= 0.3 is 10.1 Å². The predicted molar refractivity (Wildman–Crippen MR) is 52.0 cm³/mol. The topological polar surface area (TPSA) is 56.3 Å². The fourth-order valence-corrected chi connectivity index (χ4v) is 1.50. The molecule has 72 valence electrons. The van der Waals surface area contributed by atoms with Gasteiger partial charge in [-0.25, -0.2) is 4.98 Å². The number of pyridine rings is 1. The molecular formula is C7H8BrNO3S. The second-order valence-electron chi connectivity index (χ2n) is 2.24. The van der Waals surface area contributed by atoms with E-state index in [2.05, 4.69) is 20.9 Å². The minimum atomic E-state index is -3.44. The molecule has 0 saturated heterocycles. The van der Waals surface area contributed by atoms with Crippen LogP contribution >= 0.6 is 15.9 Å². The lowest BCUT2D eigenvalue weighted by molar-refractivity contribution is 0.487. The van der Waals surface area contributed by atoms with Crippen LogP contribution in [0.15, 0.2) is 22.9 Å². The maximum Gasteiger partial charge on any atom is 0.308 e. The molecule has 0 atom stereocenters. The Morgan fingerprint density at radius 3 is 2.85 bits per heavy atom. The summed E-state index contributed by atoms with van der Waals surface area (Å²) >= 11 is 3.11. The van der Waals surface area contributed by atoms with Gasteiger partial charge in [0.25, 0.3) is 0 Å². The minimum Gasteiger partial charge on any atom is -0.382 e. The van der Waals surface area contributed by atoms with Gasteiger partial charge in [-0.3, -0.25) is 0 Å². The first kappa shape index (κ1) is 10.5. The molecule has 0 bridgehead atoms. The van der Waals surface area contributed by atoms with Crippen LogP contribution in [0.4, 0.5) is 0 Å². The van der Waals surface area contributed by atoms with Crippen molar-refractivity contribution in [1.82, 2.24) is 4.98 Å². The van der Waals surface area contributed by atoms with E-state index in [1.165, 1.54) is 25.3 Å². The molecule has 0 spiro atoms. The summed E-state index contributed by atoms with van der Waals surface area (Å²) in [4.78, 5) is 3.84. The summed E-state index contributed by atoms with van der Waals surface area (Å²) in [7, 11) is -3.44. The van der Waals surface area contributed by atoms with Crippen molar-refractivity contribution in [1.29, 1.82) is 0 Å². The molecule has 0 aliphatic heterocycles. The van der Waals surface area contributed by atoms with Crippen LogP contribution in [0.3, 0.4) is 0 Å². The van der Waals surface area contributed by atoms with Crippen molar-refractivity contribution < 1.29 is 12.6 Å². The van der Waals surface area contributed by atoms with Crippen LogP contribution in [-0.2, 0) is 10.1 Å². The first-order chi connectivity index (χ1) is 6.03. The first-order valence-electron chi connectivity index (χ1n) is 3.57. The van der Waals surface area contributed by atoms with Gasteiger partial charge in [0.15, 0.2) is 0 Å². The van der Waals surface area contributed by atoms with Crippen molar-refractivity contribution in [2.45, 2.75) is 6.92 Å². The van der Waals surface area contributed by atoms with Gasteiger partial charge in [0.2, 0.25) is 0 Å². The van der Waals surface area contributed by atoms with Gasteiger partial charge in [-0.2, -0.15) is 8.42 Å². The standard InChI is InChI=1S/C7H8BrNO3S/c1-2-13(10,11)12-6-3-4-9-7(8)5-6/h3-5H,2H2,1H3. The van der Waals surface area contributed by atoms with Crippen molar-refractivity contribution >= 4 is 26.0 Å². The Kier molecular flexibility index (Phi) is 3.27. The minimum absolute atomic E-state index is 0.0487. The Balaban J connectivity index is 2.87. The Bertz CT molecular complexity index is 390. The number of aromatic nitrogens is 1. The summed E-state index contributed by atoms with van der Waals surface area (Å²) in [6, 6.07) is 2.98. The van der Waals surface area contributed by atoms with Gasteiger partial charge < -0.3 is 4.18 Å². The molecule has 1 aromatic rings. The Hall–Kier alpha value is -0.620. The third-order valence-corrected chi connectivity index (χ3v) is 2.86. The normalized spacial score (nSPS) is 11.2. The van der Waals surface area contributed by atoms with Gasteiger partial charge in [-0.1, -0.05) is 0 Å². The number of rotatable bonds is 3. The van der Waals surface area contributed by atoms with E-state index in [0.717, 1.165) is 0 Å². The van der Waals surface area contributed by atoms with E-state index in [-0.39, 0.29) is 11.5 Å². The van der Waals surface area contributed by atoms with Crippen molar-refractivity contribution in [2.75, 3.05) is 5.75 Å². The predicted octanol–water partition coefficient (Wildman–Crippen LogP) is 1.57. The molecule has 0 saturated carbocycles. The molecule has 0 amide bonds. The Morgan fingerprint density at radius 2 is 2.31 bits per heavy atom. The van der Waals surface area contributed by atoms with Gasteiger partial charge in [-0.15, -0.1) is 0 Å². The quantitative estimate of drug-likeness (QED) is 0.615. The molecule has 6 heteroatoms. The van der Waals surface area contributed by atoms with Crippen LogP contribution in [0.5, 0.6) is 5.75 Å². The summed E-state index contributed by atoms with van der Waals surface area (Å²) in [6.07, 6.45) is 1.46. The zero-order valence-electron chi connectivity index (χ0n) is 6.90. The maximum absolute atomic E-state index is 11.0. The average Bonchev–Trinajstić information content (AvgIpc) is 2.03. The summed E-state index contributed by atoms with van der Waals surface area (Å²) in [5.74, 6) is 0.219. The molecule has 0 aliphatic rings. The lowest BCUT2D eigenvalue weighted by Gasteiger charge is -2.03. The van der Waals surface area contributed by atoms with E-state index < -0.39 is 10.1 Å². The van der Waals surface area contributed by atoms with Crippen molar-refractivity contribution in [3.8, 4) is 5.75 Å². The van der Waals surface area contributed by atoms with E-state index in [4.69, 9.17) is 4.18 Å². The fraction of sp³-hybridized carbons (Fsp3) is 0.286. The van der Waals surface area contributed by atoms with Crippen molar-refractivity contribution in [3.63, 3.8) is 0 Å². The highest BCUT2D eigenvalue weighted by Crippen LogP contribution is 2.16. The van der Waals surface area contributed by atoms with E-state index in [9.17, 15) is 8.42 Å². The number of hydrogen-bond donors (Lipinski definition) is 0. The summed E-state index contributed by atoms with van der Waals surface area (Å²) in [5, 5.41) is 0. The molecule has 13 heavy (non-hydrogen) atoms. The molecule has 1 rings (SSSR count). The van der Waals surface area contributed by atoms with Crippen molar-refractivity contribution in [3.05, 3.63) is 22.9 Å². The van der Waals surface area contributed by atoms with Crippen LogP contribution in [0.25, 0.3) is 0 Å². The molecule has 0 fully saturated rings. The zero-order valence-corrected chi connectivity index (χ0v) is 9.30. The van der Waals surface area contributed by atoms with Crippen LogP contribution in [0.1, 0.15) is 6.92 Å². The second kappa shape index (κ2) is 4.06. The zero-order chi connectivity index (χ0) is 9.90.